The molecule has 4 saturated carbocycles. The highest BCUT2D eigenvalue weighted by molar-refractivity contribution is 5.66. The molecule has 0 aromatic heterocycles. The number of rotatable bonds is 1. The van der Waals surface area contributed by atoms with Crippen LogP contribution >= 0.6 is 0 Å². The molecule has 166 valence electrons. The van der Waals surface area contributed by atoms with Crippen LogP contribution in [-0.2, 0) is 9.53 Å². The van der Waals surface area contributed by atoms with Crippen LogP contribution in [0.15, 0.2) is 0 Å². The Hall–Kier alpha value is -0.730. The highest BCUT2D eigenvalue weighted by Crippen LogP contribution is 2.70. The molecule has 0 aromatic rings. The molecule has 4 aliphatic rings. The molecule has 7 nitrogen and oxygen atoms in total. The van der Waals surface area contributed by atoms with Gasteiger partial charge in [0.25, 0.3) is 0 Å². The van der Waals surface area contributed by atoms with Gasteiger partial charge in [-0.05, 0) is 51.9 Å². The van der Waals surface area contributed by atoms with Crippen molar-refractivity contribution in [3.05, 3.63) is 0 Å². The maximum absolute atomic E-state index is 11.9. The average molecular weight is 413 g/mol. The maximum Gasteiger partial charge on any atom is 0.302 e. The minimum Gasteiger partial charge on any atom is -0.462 e. The van der Waals surface area contributed by atoms with E-state index in [4.69, 9.17) is 4.74 Å². The van der Waals surface area contributed by atoms with E-state index in [0.717, 1.165) is 0 Å². The Balaban J connectivity index is 1.90. The quantitative estimate of drug-likeness (QED) is 0.402. The molecular formula is C22H36O7. The van der Waals surface area contributed by atoms with Crippen molar-refractivity contribution in [2.75, 3.05) is 0 Å². The molecule has 2 bridgehead atoms. The van der Waals surface area contributed by atoms with Crippen molar-refractivity contribution in [3.8, 4) is 0 Å². The molecule has 0 amide bonds. The van der Waals surface area contributed by atoms with Crippen LogP contribution in [0.5, 0.6) is 0 Å². The summed E-state index contributed by atoms with van der Waals surface area (Å²) in [6, 6.07) is 0. The molecule has 0 saturated heterocycles. The van der Waals surface area contributed by atoms with E-state index in [9.17, 15) is 30.3 Å². The second-order valence-electron chi connectivity index (χ2n) is 11.3. The Morgan fingerprint density at radius 2 is 1.59 bits per heavy atom. The Morgan fingerprint density at radius 3 is 2.17 bits per heavy atom. The predicted octanol–water partition coefficient (Wildman–Crippen LogP) is 0.739. The van der Waals surface area contributed by atoms with Gasteiger partial charge in [-0.2, -0.15) is 0 Å². The number of aliphatic hydroxyl groups is 5. The lowest BCUT2D eigenvalue weighted by molar-refractivity contribution is -0.202. The third-order valence-corrected chi connectivity index (χ3v) is 9.52. The van der Waals surface area contributed by atoms with Crippen LogP contribution < -0.4 is 0 Å². The van der Waals surface area contributed by atoms with E-state index in [2.05, 4.69) is 0 Å². The smallest absolute Gasteiger partial charge is 0.302 e. The molecular weight excluding hydrogens is 376 g/mol. The monoisotopic (exact) mass is 412 g/mol. The Morgan fingerprint density at radius 1 is 0.966 bits per heavy atom. The molecule has 29 heavy (non-hydrogen) atoms. The summed E-state index contributed by atoms with van der Waals surface area (Å²) < 4.78 is 5.75. The predicted molar refractivity (Wildman–Crippen MR) is 104 cm³/mol. The minimum absolute atomic E-state index is 0.0988. The molecule has 4 rings (SSSR count). The molecule has 1 spiro atoms. The summed E-state index contributed by atoms with van der Waals surface area (Å²) in [5.74, 6) is -1.86. The molecule has 6 unspecified atom stereocenters. The van der Waals surface area contributed by atoms with Crippen LogP contribution in [0.4, 0.5) is 0 Å². The number of fused-ring (bicyclic) bond motifs is 2. The summed E-state index contributed by atoms with van der Waals surface area (Å²) in [7, 11) is 0. The second kappa shape index (κ2) is 5.94. The first-order valence-electron chi connectivity index (χ1n) is 10.8. The van der Waals surface area contributed by atoms with Crippen LogP contribution in [0, 0.1) is 28.6 Å². The van der Waals surface area contributed by atoms with Gasteiger partial charge in [0.1, 0.15) is 11.7 Å². The van der Waals surface area contributed by atoms with Gasteiger partial charge in [-0.3, -0.25) is 4.79 Å². The van der Waals surface area contributed by atoms with E-state index in [1.807, 2.05) is 0 Å². The van der Waals surface area contributed by atoms with Gasteiger partial charge in [0.2, 0.25) is 0 Å². The third-order valence-electron chi connectivity index (χ3n) is 9.52. The van der Waals surface area contributed by atoms with Gasteiger partial charge >= 0.3 is 5.97 Å². The highest BCUT2D eigenvalue weighted by Gasteiger charge is 2.77. The first kappa shape index (κ1) is 21.5. The number of hydrogen-bond donors (Lipinski definition) is 5. The van der Waals surface area contributed by atoms with Gasteiger partial charge in [0, 0.05) is 29.6 Å². The molecule has 4 fully saturated rings. The van der Waals surface area contributed by atoms with E-state index in [0.29, 0.717) is 12.8 Å². The molecule has 7 heteroatoms. The van der Waals surface area contributed by atoms with Crippen molar-refractivity contribution in [1.82, 2.24) is 0 Å². The van der Waals surface area contributed by atoms with Crippen molar-refractivity contribution in [3.63, 3.8) is 0 Å². The minimum atomic E-state index is -1.70. The van der Waals surface area contributed by atoms with Crippen molar-refractivity contribution >= 4 is 5.97 Å². The topological polar surface area (TPSA) is 127 Å². The van der Waals surface area contributed by atoms with E-state index < -0.39 is 57.8 Å². The van der Waals surface area contributed by atoms with Crippen molar-refractivity contribution < 1.29 is 35.1 Å². The lowest BCUT2D eigenvalue weighted by Gasteiger charge is -2.51. The number of hydrogen-bond acceptors (Lipinski definition) is 7. The zero-order valence-electron chi connectivity index (χ0n) is 18.1. The lowest BCUT2D eigenvalue weighted by Crippen LogP contribution is -2.60. The van der Waals surface area contributed by atoms with Gasteiger partial charge in [0.15, 0.2) is 0 Å². The zero-order valence-corrected chi connectivity index (χ0v) is 18.1. The highest BCUT2D eigenvalue weighted by atomic mass is 16.5. The number of carbonyl (C=O) groups excluding carboxylic acids is 1. The largest absolute Gasteiger partial charge is 0.462 e. The van der Waals surface area contributed by atoms with Crippen molar-refractivity contribution in [2.24, 2.45) is 28.6 Å². The lowest BCUT2D eigenvalue weighted by atomic mass is 9.57. The van der Waals surface area contributed by atoms with E-state index >= 15 is 0 Å². The van der Waals surface area contributed by atoms with Gasteiger partial charge in [0.05, 0.1) is 23.4 Å². The number of aliphatic hydroxyl groups excluding tert-OH is 2. The summed E-state index contributed by atoms with van der Waals surface area (Å²) in [5.41, 5.74) is -6.08. The normalized spacial score (nSPS) is 58.3. The Bertz CT molecular complexity index is 716. The summed E-state index contributed by atoms with van der Waals surface area (Å²) in [6.45, 7) is 8.20. The first-order valence-corrected chi connectivity index (χ1v) is 10.8. The third kappa shape index (κ3) is 2.45. The SMILES string of the molecule is CC(=O)OC1C2CCC3C1(CC(O)[C@@]1(O)[C@@H](CC(O)C1(C)C)[C@]3(C)O)C[C@@]2(C)O. The van der Waals surface area contributed by atoms with Crippen LogP contribution in [0.1, 0.15) is 66.7 Å². The molecule has 0 radical (unpaired) electrons. The summed E-state index contributed by atoms with van der Waals surface area (Å²) >= 11 is 0. The van der Waals surface area contributed by atoms with E-state index in [1.54, 1.807) is 27.7 Å². The van der Waals surface area contributed by atoms with E-state index in [1.165, 1.54) is 6.92 Å². The second-order valence-corrected chi connectivity index (χ2v) is 11.3. The number of carbonyl (C=O) groups is 1. The van der Waals surface area contributed by atoms with Crippen LogP contribution in [0.2, 0.25) is 0 Å². The van der Waals surface area contributed by atoms with Gasteiger partial charge in [-0.15, -0.1) is 0 Å². The Kier molecular flexibility index (Phi) is 4.41. The van der Waals surface area contributed by atoms with Gasteiger partial charge in [-0.25, -0.2) is 0 Å². The zero-order chi connectivity index (χ0) is 21.8. The first-order chi connectivity index (χ1) is 13.1. The molecule has 5 N–H and O–H groups in total. The summed E-state index contributed by atoms with van der Waals surface area (Å²) in [6.07, 6.45) is -0.985. The van der Waals surface area contributed by atoms with Crippen molar-refractivity contribution in [1.29, 1.82) is 0 Å². The maximum atomic E-state index is 11.9. The standard InChI is InChI=1S/C22H36O7/c1-11(23)29-17-12-6-7-13-20(5,27)14-8-15(24)18(2,3)22(14,28)16(25)9-21(13,17)10-19(12,4)26/h12-17,24-28H,6-10H2,1-5H3/t12?,13?,14-,15?,16?,17?,19+,20+,21?,22-/m0/s1. The molecule has 4 aliphatic carbocycles. The molecule has 10 atom stereocenters. The van der Waals surface area contributed by atoms with Gasteiger partial charge < -0.3 is 30.3 Å². The average Bonchev–Trinajstić information content (AvgIpc) is 2.80. The molecule has 0 aromatic carbocycles. The molecule has 0 aliphatic heterocycles. The fourth-order valence-electron chi connectivity index (χ4n) is 8.14. The van der Waals surface area contributed by atoms with E-state index in [-0.39, 0.29) is 31.1 Å². The fraction of sp³-hybridized carbons (Fsp3) is 0.955. The van der Waals surface area contributed by atoms with Crippen molar-refractivity contribution in [2.45, 2.75) is 102 Å². The van der Waals surface area contributed by atoms with Crippen LogP contribution in [0.25, 0.3) is 0 Å². The fourth-order valence-corrected chi connectivity index (χ4v) is 8.14. The number of esters is 1. The van der Waals surface area contributed by atoms with Crippen LogP contribution in [-0.4, -0.2) is 66.6 Å². The van der Waals surface area contributed by atoms with Crippen LogP contribution in [0.3, 0.4) is 0 Å². The molecule has 0 heterocycles. The summed E-state index contributed by atoms with van der Waals surface area (Å²) in [5, 5.41) is 57.0. The van der Waals surface area contributed by atoms with Gasteiger partial charge in [-0.1, -0.05) is 13.8 Å². The Labute approximate surface area is 172 Å². The number of ether oxygens (including phenoxy) is 1. The summed E-state index contributed by atoms with van der Waals surface area (Å²) in [4.78, 5) is 11.9.